The predicted octanol–water partition coefficient (Wildman–Crippen LogP) is 3.96. The van der Waals surface area contributed by atoms with Gasteiger partial charge in [0.25, 0.3) is 5.91 Å². The van der Waals surface area contributed by atoms with Gasteiger partial charge < -0.3 is 14.4 Å². The molecule has 0 atom stereocenters. The number of likely N-dealkylation sites (tertiary alicyclic amines) is 1. The molecule has 0 bridgehead atoms. The summed E-state index contributed by atoms with van der Waals surface area (Å²) >= 11 is 0. The number of nitrogens with zero attached hydrogens (tertiary/aromatic N) is 3. The first-order valence-electron chi connectivity index (χ1n) is 10.9. The Morgan fingerprint density at radius 2 is 1.81 bits per heavy atom. The Kier molecular flexibility index (Phi) is 6.54. The molecule has 7 nitrogen and oxygen atoms in total. The van der Waals surface area contributed by atoms with E-state index in [0.717, 1.165) is 11.3 Å². The average Bonchev–Trinajstić information content (AvgIpc) is 3.30. The monoisotopic (exact) mass is 433 g/mol. The summed E-state index contributed by atoms with van der Waals surface area (Å²) in [5, 5.41) is 4.75. The molecule has 1 aliphatic heterocycles. The van der Waals surface area contributed by atoms with Gasteiger partial charge in [-0.05, 0) is 44.0 Å². The molecule has 32 heavy (non-hydrogen) atoms. The largest absolute Gasteiger partial charge is 0.497 e. The van der Waals surface area contributed by atoms with E-state index in [0.29, 0.717) is 49.5 Å². The molecular weight excluding hydrogens is 406 g/mol. The van der Waals surface area contributed by atoms with Crippen molar-refractivity contribution in [1.29, 1.82) is 0 Å². The van der Waals surface area contributed by atoms with Crippen molar-refractivity contribution in [1.82, 2.24) is 14.7 Å². The first-order valence-corrected chi connectivity index (χ1v) is 10.9. The third-order valence-corrected chi connectivity index (χ3v) is 5.71. The van der Waals surface area contributed by atoms with Crippen LogP contribution in [0.15, 0.2) is 60.8 Å². The lowest BCUT2D eigenvalue weighted by Crippen LogP contribution is -2.40. The highest BCUT2D eigenvalue weighted by molar-refractivity contribution is 6.00. The summed E-state index contributed by atoms with van der Waals surface area (Å²) in [4.78, 5) is 27.4. The molecule has 7 heteroatoms. The van der Waals surface area contributed by atoms with E-state index in [2.05, 4.69) is 0 Å². The molecule has 1 aliphatic rings. The van der Waals surface area contributed by atoms with E-state index in [-0.39, 0.29) is 17.8 Å². The minimum Gasteiger partial charge on any atom is -0.497 e. The van der Waals surface area contributed by atoms with Crippen molar-refractivity contribution in [3.05, 3.63) is 66.4 Å². The topological polar surface area (TPSA) is 73.7 Å². The molecule has 0 unspecified atom stereocenters. The number of amides is 1. The summed E-state index contributed by atoms with van der Waals surface area (Å²) in [5.41, 5.74) is 2.81. The first kappa shape index (κ1) is 21.6. The Hall–Kier alpha value is -3.61. The summed E-state index contributed by atoms with van der Waals surface area (Å²) in [6, 6.07) is 17.2. The van der Waals surface area contributed by atoms with E-state index in [1.807, 2.05) is 54.6 Å². The minimum atomic E-state index is -0.173. The number of benzene rings is 2. The van der Waals surface area contributed by atoms with Crippen LogP contribution < -0.4 is 4.74 Å². The lowest BCUT2D eigenvalue weighted by Gasteiger charge is -2.30. The van der Waals surface area contributed by atoms with Crippen LogP contribution in [-0.2, 0) is 9.53 Å². The molecule has 2 heterocycles. The zero-order chi connectivity index (χ0) is 22.5. The van der Waals surface area contributed by atoms with E-state index < -0.39 is 0 Å². The molecule has 0 aliphatic carbocycles. The highest BCUT2D eigenvalue weighted by atomic mass is 16.5. The normalized spacial score (nSPS) is 14.2. The van der Waals surface area contributed by atoms with E-state index in [4.69, 9.17) is 14.6 Å². The number of hydrogen-bond acceptors (Lipinski definition) is 5. The molecular formula is C25H27N3O4. The van der Waals surface area contributed by atoms with Crippen LogP contribution in [0.25, 0.3) is 16.9 Å². The molecule has 1 amide bonds. The van der Waals surface area contributed by atoms with Gasteiger partial charge in [0.15, 0.2) is 0 Å². The molecule has 1 fully saturated rings. The second kappa shape index (κ2) is 9.68. The number of piperidine rings is 1. The van der Waals surface area contributed by atoms with Crippen LogP contribution in [0.1, 0.15) is 30.1 Å². The molecule has 166 valence electrons. The number of para-hydroxylation sites is 1. The van der Waals surface area contributed by atoms with Crippen molar-refractivity contribution < 1.29 is 19.1 Å². The first-order chi connectivity index (χ1) is 15.6. The molecule has 3 aromatic rings. The minimum absolute atomic E-state index is 0.0905. The Balaban J connectivity index is 1.64. The third kappa shape index (κ3) is 4.51. The zero-order valence-corrected chi connectivity index (χ0v) is 18.4. The number of carbonyl (C=O) groups excluding carboxylic acids is 2. The zero-order valence-electron chi connectivity index (χ0n) is 18.4. The number of esters is 1. The number of hydrogen-bond donors (Lipinski definition) is 0. The van der Waals surface area contributed by atoms with Crippen LogP contribution in [0.2, 0.25) is 0 Å². The van der Waals surface area contributed by atoms with Crippen molar-refractivity contribution in [2.45, 2.75) is 19.8 Å². The highest BCUT2D eigenvalue weighted by Gasteiger charge is 2.30. The van der Waals surface area contributed by atoms with Gasteiger partial charge >= 0.3 is 5.97 Å². The Morgan fingerprint density at radius 1 is 1.06 bits per heavy atom. The van der Waals surface area contributed by atoms with E-state index >= 15 is 0 Å². The summed E-state index contributed by atoms with van der Waals surface area (Å²) in [6.07, 6.45) is 2.99. The van der Waals surface area contributed by atoms with Crippen molar-refractivity contribution >= 4 is 11.9 Å². The van der Waals surface area contributed by atoms with Crippen LogP contribution in [0.5, 0.6) is 5.75 Å². The fourth-order valence-electron chi connectivity index (χ4n) is 3.98. The van der Waals surface area contributed by atoms with Gasteiger partial charge in [-0.1, -0.05) is 30.3 Å². The van der Waals surface area contributed by atoms with Crippen molar-refractivity contribution in [2.75, 3.05) is 26.8 Å². The average molecular weight is 434 g/mol. The molecule has 4 rings (SSSR count). The van der Waals surface area contributed by atoms with E-state index in [9.17, 15) is 9.59 Å². The molecule has 2 aromatic carbocycles. The summed E-state index contributed by atoms with van der Waals surface area (Å²) in [5.74, 6) is 0.287. The summed E-state index contributed by atoms with van der Waals surface area (Å²) in [6.45, 7) is 3.20. The lowest BCUT2D eigenvalue weighted by atomic mass is 9.96. The molecule has 1 aromatic heterocycles. The van der Waals surface area contributed by atoms with Gasteiger partial charge in [-0.3, -0.25) is 9.59 Å². The SMILES string of the molecule is CCOC(=O)C1CCN(C(=O)c2cn(-c3ccccc3)nc2-c2cccc(OC)c2)CC1. The van der Waals surface area contributed by atoms with Gasteiger partial charge in [0.1, 0.15) is 11.4 Å². The quantitative estimate of drug-likeness (QED) is 0.550. The molecule has 0 saturated carbocycles. The second-order valence-corrected chi connectivity index (χ2v) is 7.72. The summed E-state index contributed by atoms with van der Waals surface area (Å²) < 4.78 is 12.2. The van der Waals surface area contributed by atoms with Crippen LogP contribution in [0, 0.1) is 5.92 Å². The number of methoxy groups -OCH3 is 1. The maximum atomic E-state index is 13.5. The predicted molar refractivity (Wildman–Crippen MR) is 121 cm³/mol. The van der Waals surface area contributed by atoms with Gasteiger partial charge in [0.2, 0.25) is 0 Å². The Bertz CT molecular complexity index is 1090. The molecule has 0 N–H and O–H groups in total. The highest BCUT2D eigenvalue weighted by Crippen LogP contribution is 2.29. The van der Waals surface area contributed by atoms with Gasteiger partial charge in [0.05, 0.1) is 30.9 Å². The van der Waals surface area contributed by atoms with Gasteiger partial charge in [0, 0.05) is 24.8 Å². The van der Waals surface area contributed by atoms with E-state index in [1.165, 1.54) is 0 Å². The van der Waals surface area contributed by atoms with Crippen LogP contribution in [-0.4, -0.2) is 53.4 Å². The van der Waals surface area contributed by atoms with Gasteiger partial charge in [-0.25, -0.2) is 4.68 Å². The Morgan fingerprint density at radius 3 is 2.50 bits per heavy atom. The van der Waals surface area contributed by atoms with Crippen molar-refractivity contribution in [3.63, 3.8) is 0 Å². The van der Waals surface area contributed by atoms with Crippen LogP contribution in [0.3, 0.4) is 0 Å². The maximum absolute atomic E-state index is 13.5. The number of ether oxygens (including phenoxy) is 2. The second-order valence-electron chi connectivity index (χ2n) is 7.72. The Labute approximate surface area is 187 Å². The number of carbonyl (C=O) groups is 2. The maximum Gasteiger partial charge on any atom is 0.309 e. The lowest BCUT2D eigenvalue weighted by molar-refractivity contribution is -0.149. The van der Waals surface area contributed by atoms with Crippen LogP contribution >= 0.6 is 0 Å². The van der Waals surface area contributed by atoms with E-state index in [1.54, 1.807) is 29.8 Å². The smallest absolute Gasteiger partial charge is 0.309 e. The fourth-order valence-corrected chi connectivity index (χ4v) is 3.98. The third-order valence-electron chi connectivity index (χ3n) is 5.71. The van der Waals surface area contributed by atoms with Crippen LogP contribution in [0.4, 0.5) is 0 Å². The van der Waals surface area contributed by atoms with Crippen molar-refractivity contribution in [2.24, 2.45) is 5.92 Å². The van der Waals surface area contributed by atoms with Crippen molar-refractivity contribution in [3.8, 4) is 22.7 Å². The molecule has 1 saturated heterocycles. The fraction of sp³-hybridized carbons (Fsp3) is 0.320. The standard InChI is InChI=1S/C25H27N3O4/c1-3-32-25(30)18-12-14-27(15-13-18)24(29)22-17-28(20-9-5-4-6-10-20)26-23(22)19-8-7-11-21(16-19)31-2/h4-11,16-18H,3,12-15H2,1-2H3. The number of aromatic nitrogens is 2. The summed E-state index contributed by atoms with van der Waals surface area (Å²) in [7, 11) is 1.61. The molecule has 0 radical (unpaired) electrons. The number of rotatable bonds is 6. The van der Waals surface area contributed by atoms with Gasteiger partial charge in [-0.2, -0.15) is 5.10 Å². The molecule has 0 spiro atoms. The van der Waals surface area contributed by atoms with Gasteiger partial charge in [-0.15, -0.1) is 0 Å².